The van der Waals surface area contributed by atoms with E-state index in [-0.39, 0.29) is 24.4 Å². The molecule has 0 bridgehead atoms. The molecule has 1 aliphatic heterocycles. The third-order valence-corrected chi connectivity index (χ3v) is 4.73. The molecule has 6 nitrogen and oxygen atoms in total. The Kier molecular flexibility index (Phi) is 8.80. The highest BCUT2D eigenvalue weighted by molar-refractivity contribution is 7.98. The first kappa shape index (κ1) is 21.0. The van der Waals surface area contributed by atoms with E-state index in [1.54, 1.807) is 11.8 Å². The smallest absolute Gasteiger partial charge is 0.237 e. The molecule has 2 rings (SSSR count). The molecule has 2 heterocycles. The van der Waals surface area contributed by atoms with Gasteiger partial charge in [0.25, 0.3) is 0 Å². The Morgan fingerprint density at radius 3 is 2.67 bits per heavy atom. The minimum absolute atomic E-state index is 0. The standard InChI is InChI=1S/C16H27N5OS.ClH/c1-11-10-15(19-12(2)18-11)21-7-4-13(5-8-21)20-16(22)14(17)6-9-23-3;/h10,13-14H,4-9,17H2,1-3H3,(H,20,22);1H/t14-;/m0./s1. The molecule has 1 aliphatic rings. The number of nitrogens with zero attached hydrogens (tertiary/aromatic N) is 3. The SMILES string of the molecule is CSCC[C@H](N)C(=O)NC1CCN(c2cc(C)nc(C)n2)CC1.Cl. The molecule has 0 radical (unpaired) electrons. The topological polar surface area (TPSA) is 84.1 Å². The molecule has 0 unspecified atom stereocenters. The Hall–Kier alpha value is -1.05. The lowest BCUT2D eigenvalue weighted by Gasteiger charge is -2.33. The summed E-state index contributed by atoms with van der Waals surface area (Å²) in [5.41, 5.74) is 6.91. The van der Waals surface area contributed by atoms with Crippen molar-refractivity contribution >= 4 is 35.9 Å². The van der Waals surface area contributed by atoms with Gasteiger partial charge in [0.15, 0.2) is 0 Å². The third-order valence-electron chi connectivity index (χ3n) is 4.09. The van der Waals surface area contributed by atoms with E-state index >= 15 is 0 Å². The Morgan fingerprint density at radius 2 is 2.08 bits per heavy atom. The molecule has 1 fully saturated rings. The number of piperidine rings is 1. The molecule has 0 aliphatic carbocycles. The predicted octanol–water partition coefficient (Wildman–Crippen LogP) is 1.68. The molecule has 3 N–H and O–H groups in total. The van der Waals surface area contributed by atoms with Gasteiger partial charge < -0.3 is 16.0 Å². The maximum atomic E-state index is 12.1. The van der Waals surface area contributed by atoms with Crippen molar-refractivity contribution in [1.82, 2.24) is 15.3 Å². The first-order valence-electron chi connectivity index (χ1n) is 8.11. The molecule has 0 spiro atoms. The summed E-state index contributed by atoms with van der Waals surface area (Å²) >= 11 is 1.71. The lowest BCUT2D eigenvalue weighted by molar-refractivity contribution is -0.123. The number of nitrogens with one attached hydrogen (secondary N) is 1. The molecular formula is C16H28ClN5OS. The average molecular weight is 374 g/mol. The molecular weight excluding hydrogens is 346 g/mol. The molecule has 1 aromatic rings. The fraction of sp³-hybridized carbons (Fsp3) is 0.688. The second kappa shape index (κ2) is 10.1. The second-order valence-corrected chi connectivity index (χ2v) is 7.06. The zero-order chi connectivity index (χ0) is 16.8. The van der Waals surface area contributed by atoms with Gasteiger partial charge in [-0.05, 0) is 45.1 Å². The highest BCUT2D eigenvalue weighted by atomic mass is 35.5. The van der Waals surface area contributed by atoms with Crippen LogP contribution in [0.25, 0.3) is 0 Å². The number of aryl methyl sites for hydroxylation is 2. The number of rotatable bonds is 6. The Bertz CT molecular complexity index is 517. The summed E-state index contributed by atoms with van der Waals surface area (Å²) < 4.78 is 0. The highest BCUT2D eigenvalue weighted by Gasteiger charge is 2.23. The number of carbonyl (C=O) groups is 1. The van der Waals surface area contributed by atoms with Crippen LogP contribution in [0.1, 0.15) is 30.8 Å². The number of hydrogen-bond donors (Lipinski definition) is 2. The minimum atomic E-state index is -0.396. The molecule has 136 valence electrons. The average Bonchev–Trinajstić information content (AvgIpc) is 2.52. The Labute approximate surface area is 154 Å². The van der Waals surface area contributed by atoms with Crippen LogP contribution < -0.4 is 16.0 Å². The summed E-state index contributed by atoms with van der Waals surface area (Å²) in [6.45, 7) is 5.68. The van der Waals surface area contributed by atoms with E-state index in [2.05, 4.69) is 20.2 Å². The lowest BCUT2D eigenvalue weighted by Crippen LogP contribution is -2.50. The van der Waals surface area contributed by atoms with E-state index in [9.17, 15) is 4.79 Å². The van der Waals surface area contributed by atoms with Gasteiger partial charge in [0.05, 0.1) is 6.04 Å². The molecule has 1 saturated heterocycles. The fourth-order valence-electron chi connectivity index (χ4n) is 2.80. The van der Waals surface area contributed by atoms with Crippen molar-refractivity contribution in [3.05, 3.63) is 17.6 Å². The largest absolute Gasteiger partial charge is 0.356 e. The van der Waals surface area contributed by atoms with Gasteiger partial charge in [-0.15, -0.1) is 12.4 Å². The van der Waals surface area contributed by atoms with Crippen LogP contribution in [-0.4, -0.2) is 53.1 Å². The predicted molar refractivity (Wildman–Crippen MR) is 103 cm³/mol. The van der Waals surface area contributed by atoms with Crippen LogP contribution in [-0.2, 0) is 4.79 Å². The zero-order valence-electron chi connectivity index (χ0n) is 14.6. The van der Waals surface area contributed by atoms with E-state index in [0.29, 0.717) is 0 Å². The van der Waals surface area contributed by atoms with E-state index in [1.807, 2.05) is 26.2 Å². The van der Waals surface area contributed by atoms with E-state index < -0.39 is 6.04 Å². The molecule has 0 saturated carbocycles. The number of halogens is 1. The molecule has 0 aromatic carbocycles. The van der Waals surface area contributed by atoms with Crippen molar-refractivity contribution < 1.29 is 4.79 Å². The summed E-state index contributed by atoms with van der Waals surface area (Å²) in [7, 11) is 0. The highest BCUT2D eigenvalue weighted by Crippen LogP contribution is 2.19. The summed E-state index contributed by atoms with van der Waals surface area (Å²) in [4.78, 5) is 23.2. The van der Waals surface area contributed by atoms with Crippen molar-refractivity contribution in [3.63, 3.8) is 0 Å². The summed E-state index contributed by atoms with van der Waals surface area (Å²) in [6.07, 6.45) is 4.59. The normalized spacial score (nSPS) is 16.4. The monoisotopic (exact) mass is 373 g/mol. The Balaban J connectivity index is 0.00000288. The van der Waals surface area contributed by atoms with Crippen LogP contribution in [0.15, 0.2) is 6.07 Å². The van der Waals surface area contributed by atoms with Crippen molar-refractivity contribution in [2.45, 2.75) is 45.2 Å². The molecule has 1 amide bonds. The molecule has 24 heavy (non-hydrogen) atoms. The maximum absolute atomic E-state index is 12.1. The molecule has 1 atom stereocenters. The first-order chi connectivity index (χ1) is 11.0. The van der Waals surface area contributed by atoms with Gasteiger partial charge in [0.1, 0.15) is 11.6 Å². The zero-order valence-corrected chi connectivity index (χ0v) is 16.3. The third kappa shape index (κ3) is 6.11. The fourth-order valence-corrected chi connectivity index (χ4v) is 3.29. The van der Waals surface area contributed by atoms with Crippen molar-refractivity contribution in [2.75, 3.05) is 30.0 Å². The number of anilines is 1. The number of hydrogen-bond acceptors (Lipinski definition) is 6. The molecule has 8 heteroatoms. The summed E-state index contributed by atoms with van der Waals surface area (Å²) in [6, 6.07) is 1.83. The van der Waals surface area contributed by atoms with Crippen LogP contribution in [0.2, 0.25) is 0 Å². The van der Waals surface area contributed by atoms with E-state index in [1.165, 1.54) is 0 Å². The number of carbonyl (C=O) groups excluding carboxylic acids is 1. The number of amides is 1. The van der Waals surface area contributed by atoms with Crippen LogP contribution in [0.5, 0.6) is 0 Å². The number of thioether (sulfide) groups is 1. The van der Waals surface area contributed by atoms with E-state index in [4.69, 9.17) is 5.73 Å². The minimum Gasteiger partial charge on any atom is -0.356 e. The van der Waals surface area contributed by atoms with Crippen LogP contribution in [0.3, 0.4) is 0 Å². The maximum Gasteiger partial charge on any atom is 0.237 e. The number of nitrogens with two attached hydrogens (primary N) is 1. The summed E-state index contributed by atoms with van der Waals surface area (Å²) in [5.74, 6) is 2.68. The van der Waals surface area contributed by atoms with Gasteiger partial charge in [-0.3, -0.25) is 4.79 Å². The van der Waals surface area contributed by atoms with E-state index in [0.717, 1.165) is 55.4 Å². The van der Waals surface area contributed by atoms with Gasteiger partial charge >= 0.3 is 0 Å². The van der Waals surface area contributed by atoms with Crippen molar-refractivity contribution in [3.8, 4) is 0 Å². The van der Waals surface area contributed by atoms with Gasteiger partial charge in [0, 0.05) is 30.9 Å². The van der Waals surface area contributed by atoms with Gasteiger partial charge in [-0.2, -0.15) is 11.8 Å². The van der Waals surface area contributed by atoms with Crippen molar-refractivity contribution in [2.24, 2.45) is 5.73 Å². The van der Waals surface area contributed by atoms with Gasteiger partial charge in [0.2, 0.25) is 5.91 Å². The second-order valence-electron chi connectivity index (χ2n) is 6.07. The van der Waals surface area contributed by atoms with Crippen LogP contribution in [0, 0.1) is 13.8 Å². The summed E-state index contributed by atoms with van der Waals surface area (Å²) in [5, 5.41) is 3.09. The molecule has 1 aromatic heterocycles. The van der Waals surface area contributed by atoms with Gasteiger partial charge in [-0.1, -0.05) is 0 Å². The lowest BCUT2D eigenvalue weighted by atomic mass is 10.0. The quantitative estimate of drug-likeness (QED) is 0.789. The van der Waals surface area contributed by atoms with Gasteiger partial charge in [-0.25, -0.2) is 9.97 Å². The Morgan fingerprint density at radius 1 is 1.42 bits per heavy atom. The van der Waals surface area contributed by atoms with Crippen LogP contribution >= 0.6 is 24.2 Å². The number of aromatic nitrogens is 2. The first-order valence-corrected chi connectivity index (χ1v) is 9.51. The van der Waals surface area contributed by atoms with Crippen molar-refractivity contribution in [1.29, 1.82) is 0 Å². The van der Waals surface area contributed by atoms with Crippen LogP contribution in [0.4, 0.5) is 5.82 Å².